The van der Waals surface area contributed by atoms with Gasteiger partial charge in [-0.1, -0.05) is 0 Å². The number of carbonyl (C=O) groups is 2. The van der Waals surface area contributed by atoms with Crippen LogP contribution >= 0.6 is 22.7 Å². The second-order valence-corrected chi connectivity index (χ2v) is 5.18. The highest BCUT2D eigenvalue weighted by Gasteiger charge is 2.14. The molecule has 0 saturated heterocycles. The average Bonchev–Trinajstić information content (AvgIpc) is 2.94. The molecule has 0 spiro atoms. The Morgan fingerprint density at radius 1 is 1.44 bits per heavy atom. The molecule has 2 aromatic rings. The Morgan fingerprint density at radius 3 is 2.78 bits per heavy atom. The number of aromatic nitrogens is 2. The van der Waals surface area contributed by atoms with Gasteiger partial charge in [0.25, 0.3) is 5.91 Å². The fourth-order valence-corrected chi connectivity index (χ4v) is 2.63. The summed E-state index contributed by atoms with van der Waals surface area (Å²) in [6, 6.07) is 0. The quantitative estimate of drug-likeness (QED) is 0.888. The Balaban J connectivity index is 1.99. The van der Waals surface area contributed by atoms with E-state index in [4.69, 9.17) is 5.11 Å². The van der Waals surface area contributed by atoms with E-state index in [2.05, 4.69) is 15.3 Å². The molecule has 2 N–H and O–H groups in total. The number of carbonyl (C=O) groups excluding carboxylic acids is 1. The van der Waals surface area contributed by atoms with Gasteiger partial charge in [-0.3, -0.25) is 4.79 Å². The van der Waals surface area contributed by atoms with Crippen LogP contribution in [0.2, 0.25) is 0 Å². The molecular formula is C10H9N3O3S2. The molecule has 0 radical (unpaired) electrons. The number of hydrogen-bond acceptors (Lipinski definition) is 6. The van der Waals surface area contributed by atoms with Gasteiger partial charge in [0.1, 0.15) is 0 Å². The van der Waals surface area contributed by atoms with Crippen molar-refractivity contribution in [1.29, 1.82) is 0 Å². The largest absolute Gasteiger partial charge is 0.476 e. The van der Waals surface area contributed by atoms with Gasteiger partial charge in [-0.25, -0.2) is 14.8 Å². The van der Waals surface area contributed by atoms with Gasteiger partial charge >= 0.3 is 5.97 Å². The standard InChI is InChI=1S/C10H9N3O3S2/c1-5-7(18-4-12-5)2-11-8(14)9-13-6(3-17-9)10(15)16/h3-4H,2H2,1H3,(H,11,14)(H,15,16). The Labute approximate surface area is 110 Å². The molecule has 0 aliphatic carbocycles. The number of carboxylic acid groups (broad SMARTS) is 1. The predicted molar refractivity (Wildman–Crippen MR) is 67.1 cm³/mol. The number of amides is 1. The molecule has 8 heteroatoms. The van der Waals surface area contributed by atoms with Gasteiger partial charge in [0.05, 0.1) is 17.7 Å². The van der Waals surface area contributed by atoms with Crippen molar-refractivity contribution in [1.82, 2.24) is 15.3 Å². The van der Waals surface area contributed by atoms with E-state index in [9.17, 15) is 9.59 Å². The van der Waals surface area contributed by atoms with E-state index in [1.807, 2.05) is 6.92 Å². The highest BCUT2D eigenvalue weighted by molar-refractivity contribution is 7.12. The number of aromatic carboxylic acids is 1. The first-order chi connectivity index (χ1) is 8.58. The smallest absolute Gasteiger partial charge is 0.355 e. The van der Waals surface area contributed by atoms with Crippen LogP contribution in [0.15, 0.2) is 10.9 Å². The van der Waals surface area contributed by atoms with E-state index in [1.165, 1.54) is 16.7 Å². The van der Waals surface area contributed by atoms with Crippen molar-refractivity contribution in [2.24, 2.45) is 0 Å². The number of thiazole rings is 2. The lowest BCUT2D eigenvalue weighted by Crippen LogP contribution is -2.22. The molecule has 94 valence electrons. The summed E-state index contributed by atoms with van der Waals surface area (Å²) in [4.78, 5) is 31.1. The van der Waals surface area contributed by atoms with Crippen LogP contribution in [0.3, 0.4) is 0 Å². The molecule has 0 aromatic carbocycles. The van der Waals surface area contributed by atoms with Gasteiger partial charge in [-0.2, -0.15) is 0 Å². The van der Waals surface area contributed by atoms with Crippen molar-refractivity contribution in [2.45, 2.75) is 13.5 Å². The topological polar surface area (TPSA) is 92.2 Å². The van der Waals surface area contributed by atoms with Crippen molar-refractivity contribution in [2.75, 3.05) is 0 Å². The zero-order chi connectivity index (χ0) is 13.1. The van der Waals surface area contributed by atoms with E-state index in [-0.39, 0.29) is 16.6 Å². The molecule has 2 rings (SSSR count). The average molecular weight is 283 g/mol. The van der Waals surface area contributed by atoms with Crippen LogP contribution in [-0.2, 0) is 6.54 Å². The summed E-state index contributed by atoms with van der Waals surface area (Å²) in [7, 11) is 0. The second kappa shape index (κ2) is 5.23. The lowest BCUT2D eigenvalue weighted by atomic mass is 10.4. The van der Waals surface area contributed by atoms with Crippen molar-refractivity contribution >= 4 is 34.6 Å². The molecule has 2 aromatic heterocycles. The molecule has 1 amide bonds. The van der Waals surface area contributed by atoms with E-state index in [1.54, 1.807) is 5.51 Å². The van der Waals surface area contributed by atoms with Crippen molar-refractivity contribution < 1.29 is 14.7 Å². The first-order valence-electron chi connectivity index (χ1n) is 4.94. The number of nitrogens with one attached hydrogen (secondary N) is 1. The molecule has 6 nitrogen and oxygen atoms in total. The normalized spacial score (nSPS) is 10.3. The molecule has 0 atom stereocenters. The predicted octanol–water partition coefficient (Wildman–Crippen LogP) is 1.54. The number of aryl methyl sites for hydroxylation is 1. The first-order valence-corrected chi connectivity index (χ1v) is 6.70. The van der Waals surface area contributed by atoms with Crippen LogP contribution < -0.4 is 5.32 Å². The van der Waals surface area contributed by atoms with Crippen molar-refractivity contribution in [3.8, 4) is 0 Å². The van der Waals surface area contributed by atoms with E-state index in [0.29, 0.717) is 6.54 Å². The molecule has 0 aliphatic rings. The third-order valence-electron chi connectivity index (χ3n) is 2.17. The minimum Gasteiger partial charge on any atom is -0.476 e. The van der Waals surface area contributed by atoms with Gasteiger partial charge < -0.3 is 10.4 Å². The second-order valence-electron chi connectivity index (χ2n) is 3.39. The maximum absolute atomic E-state index is 11.7. The van der Waals surface area contributed by atoms with Gasteiger partial charge in [0.2, 0.25) is 0 Å². The molecule has 0 aliphatic heterocycles. The summed E-state index contributed by atoms with van der Waals surface area (Å²) in [6.07, 6.45) is 0. The maximum atomic E-state index is 11.7. The lowest BCUT2D eigenvalue weighted by Gasteiger charge is -2.00. The Bertz CT molecular complexity index is 591. The Morgan fingerprint density at radius 2 is 2.22 bits per heavy atom. The number of carboxylic acids is 1. The third kappa shape index (κ3) is 2.71. The number of hydrogen-bond donors (Lipinski definition) is 2. The van der Waals surface area contributed by atoms with Gasteiger partial charge in [0, 0.05) is 10.3 Å². The lowest BCUT2D eigenvalue weighted by molar-refractivity contribution is 0.0691. The monoisotopic (exact) mass is 283 g/mol. The molecule has 0 fully saturated rings. The van der Waals surface area contributed by atoms with Crippen LogP contribution in [0, 0.1) is 6.92 Å². The van der Waals surface area contributed by atoms with Crippen molar-refractivity contribution in [3.05, 3.63) is 32.2 Å². The Hall–Kier alpha value is -1.80. The molecule has 2 heterocycles. The molecule has 0 bridgehead atoms. The summed E-state index contributed by atoms with van der Waals surface area (Å²) in [6.45, 7) is 2.24. The summed E-state index contributed by atoms with van der Waals surface area (Å²) in [5, 5.41) is 12.9. The highest BCUT2D eigenvalue weighted by atomic mass is 32.1. The molecular weight excluding hydrogens is 274 g/mol. The minimum absolute atomic E-state index is 0.112. The van der Waals surface area contributed by atoms with E-state index >= 15 is 0 Å². The zero-order valence-electron chi connectivity index (χ0n) is 9.34. The first kappa shape index (κ1) is 12.7. The summed E-state index contributed by atoms with van der Waals surface area (Å²) >= 11 is 2.47. The van der Waals surface area contributed by atoms with Crippen LogP contribution in [-0.4, -0.2) is 27.0 Å². The summed E-state index contributed by atoms with van der Waals surface area (Å²) in [5.74, 6) is -1.51. The summed E-state index contributed by atoms with van der Waals surface area (Å²) < 4.78 is 0. The molecule has 0 saturated carbocycles. The minimum atomic E-state index is -1.14. The highest BCUT2D eigenvalue weighted by Crippen LogP contribution is 2.13. The summed E-state index contributed by atoms with van der Waals surface area (Å²) in [5.41, 5.74) is 2.48. The molecule has 0 unspecified atom stereocenters. The van der Waals surface area contributed by atoms with Crippen LogP contribution in [0.4, 0.5) is 0 Å². The fraction of sp³-hybridized carbons (Fsp3) is 0.200. The van der Waals surface area contributed by atoms with Crippen LogP contribution in [0.1, 0.15) is 30.9 Å². The fourth-order valence-electron chi connectivity index (χ4n) is 1.21. The van der Waals surface area contributed by atoms with Crippen LogP contribution in [0.25, 0.3) is 0 Å². The van der Waals surface area contributed by atoms with Gasteiger partial charge in [-0.05, 0) is 6.92 Å². The zero-order valence-corrected chi connectivity index (χ0v) is 11.0. The number of nitrogens with zero attached hydrogens (tertiary/aromatic N) is 2. The van der Waals surface area contributed by atoms with Crippen molar-refractivity contribution in [3.63, 3.8) is 0 Å². The third-order valence-corrected chi connectivity index (χ3v) is 3.95. The maximum Gasteiger partial charge on any atom is 0.355 e. The van der Waals surface area contributed by atoms with E-state index < -0.39 is 5.97 Å². The van der Waals surface area contributed by atoms with Gasteiger partial charge in [-0.15, -0.1) is 22.7 Å². The Kier molecular flexibility index (Phi) is 3.68. The molecule has 18 heavy (non-hydrogen) atoms. The number of rotatable bonds is 4. The van der Waals surface area contributed by atoms with Gasteiger partial charge in [0.15, 0.2) is 10.7 Å². The SMILES string of the molecule is Cc1ncsc1CNC(=O)c1nc(C(=O)O)cs1. The van der Waals surface area contributed by atoms with Crippen LogP contribution in [0.5, 0.6) is 0 Å². The van der Waals surface area contributed by atoms with E-state index in [0.717, 1.165) is 21.9 Å².